The number of rotatable bonds is 9. The van der Waals surface area contributed by atoms with Crippen LogP contribution in [0.2, 0.25) is 0 Å². The number of carbonyl (C=O) groups excluding carboxylic acids is 2. The number of nitro groups is 1. The maximum atomic E-state index is 13.3. The smallest absolute Gasteiger partial charge is 0.269 e. The second-order valence-corrected chi connectivity index (χ2v) is 8.81. The summed E-state index contributed by atoms with van der Waals surface area (Å²) in [4.78, 5) is 39.3. The molecule has 2 amide bonds. The van der Waals surface area contributed by atoms with Crippen LogP contribution in [0.4, 0.5) is 5.69 Å². The van der Waals surface area contributed by atoms with Crippen molar-refractivity contribution >= 4 is 34.6 Å². The molecule has 0 radical (unpaired) electrons. The normalized spacial score (nSPS) is 17.8. The number of nitro benzene ring substituents is 1. The molecule has 4 rings (SSSR count). The van der Waals surface area contributed by atoms with E-state index in [9.17, 15) is 19.7 Å². The van der Waals surface area contributed by atoms with Crippen LogP contribution in [-0.2, 0) is 14.3 Å². The molecule has 2 heterocycles. The lowest BCUT2D eigenvalue weighted by Crippen LogP contribution is -2.43. The molecular weight excluding hydrogens is 432 g/mol. The Balaban J connectivity index is 1.60. The minimum Gasteiger partial charge on any atom is -0.383 e. The molecule has 1 saturated carbocycles. The number of amides is 2. The van der Waals surface area contributed by atoms with Crippen LogP contribution in [0.15, 0.2) is 46.9 Å². The number of methoxy groups -OCH3 is 1. The van der Waals surface area contributed by atoms with Crippen molar-refractivity contribution in [1.29, 1.82) is 0 Å². The van der Waals surface area contributed by atoms with Crippen LogP contribution in [0.1, 0.15) is 35.7 Å². The second kappa shape index (κ2) is 9.58. The van der Waals surface area contributed by atoms with E-state index in [1.165, 1.54) is 33.4 Å². The molecule has 10 heteroatoms. The van der Waals surface area contributed by atoms with Gasteiger partial charge in [-0.2, -0.15) is 5.10 Å². The number of benzene rings is 1. The van der Waals surface area contributed by atoms with Crippen LogP contribution in [0.25, 0.3) is 0 Å². The fourth-order valence-electron chi connectivity index (χ4n) is 3.73. The van der Waals surface area contributed by atoms with Crippen LogP contribution in [0.5, 0.6) is 0 Å². The summed E-state index contributed by atoms with van der Waals surface area (Å²) in [5.41, 5.74) is 1.35. The zero-order chi connectivity index (χ0) is 22.7. The molecule has 1 aromatic heterocycles. The number of ether oxygens (including phenoxy) is 1. The van der Waals surface area contributed by atoms with E-state index in [0.29, 0.717) is 25.1 Å². The highest BCUT2D eigenvalue weighted by atomic mass is 32.1. The van der Waals surface area contributed by atoms with Gasteiger partial charge in [0.05, 0.1) is 28.2 Å². The van der Waals surface area contributed by atoms with E-state index in [1.807, 2.05) is 17.5 Å². The third-order valence-electron chi connectivity index (χ3n) is 5.57. The predicted octanol–water partition coefficient (Wildman–Crippen LogP) is 3.22. The maximum Gasteiger partial charge on any atom is 0.269 e. The van der Waals surface area contributed by atoms with Crippen LogP contribution in [0.3, 0.4) is 0 Å². The van der Waals surface area contributed by atoms with Crippen molar-refractivity contribution in [3.05, 3.63) is 62.3 Å². The van der Waals surface area contributed by atoms with E-state index in [0.717, 1.165) is 23.4 Å². The molecule has 1 fully saturated rings. The lowest BCUT2D eigenvalue weighted by Gasteiger charge is -2.27. The van der Waals surface area contributed by atoms with Gasteiger partial charge in [0.25, 0.3) is 11.6 Å². The first-order valence-electron chi connectivity index (χ1n) is 10.4. The largest absolute Gasteiger partial charge is 0.383 e. The molecule has 32 heavy (non-hydrogen) atoms. The highest BCUT2D eigenvalue weighted by molar-refractivity contribution is 7.12. The van der Waals surface area contributed by atoms with Gasteiger partial charge in [0, 0.05) is 38.1 Å². The summed E-state index contributed by atoms with van der Waals surface area (Å²) in [7, 11) is 1.55. The average molecular weight is 457 g/mol. The van der Waals surface area contributed by atoms with Gasteiger partial charge < -0.3 is 9.64 Å². The summed E-state index contributed by atoms with van der Waals surface area (Å²) < 4.78 is 5.11. The SMILES string of the molecule is COCCN(CC(=O)N1N=C(c2cccs2)CC1c1cccc([N+](=O)[O-])c1)C(=O)C1CC1. The van der Waals surface area contributed by atoms with Gasteiger partial charge in [0.1, 0.15) is 6.54 Å². The summed E-state index contributed by atoms with van der Waals surface area (Å²) in [6.07, 6.45) is 2.14. The summed E-state index contributed by atoms with van der Waals surface area (Å²) in [5, 5.41) is 19.2. The number of hydrogen-bond donors (Lipinski definition) is 0. The number of nitrogens with zero attached hydrogens (tertiary/aromatic N) is 4. The lowest BCUT2D eigenvalue weighted by molar-refractivity contribution is -0.385. The molecule has 0 N–H and O–H groups in total. The van der Waals surface area contributed by atoms with Gasteiger partial charge in [-0.05, 0) is 29.9 Å². The zero-order valence-electron chi connectivity index (χ0n) is 17.7. The van der Waals surface area contributed by atoms with E-state index in [-0.39, 0.29) is 30.0 Å². The van der Waals surface area contributed by atoms with Gasteiger partial charge in [-0.3, -0.25) is 19.7 Å². The van der Waals surface area contributed by atoms with E-state index >= 15 is 0 Å². The molecule has 0 bridgehead atoms. The van der Waals surface area contributed by atoms with Crippen molar-refractivity contribution in [2.45, 2.75) is 25.3 Å². The Kier molecular flexibility index (Phi) is 6.61. The Morgan fingerprint density at radius 1 is 1.31 bits per heavy atom. The first-order chi connectivity index (χ1) is 15.5. The second-order valence-electron chi connectivity index (χ2n) is 7.86. The minimum absolute atomic E-state index is 0.0176. The monoisotopic (exact) mass is 456 g/mol. The molecule has 1 aliphatic carbocycles. The zero-order valence-corrected chi connectivity index (χ0v) is 18.5. The number of non-ortho nitro benzene ring substituents is 1. The van der Waals surface area contributed by atoms with Crippen LogP contribution < -0.4 is 0 Å². The van der Waals surface area contributed by atoms with Crippen molar-refractivity contribution < 1.29 is 19.2 Å². The predicted molar refractivity (Wildman–Crippen MR) is 119 cm³/mol. The van der Waals surface area contributed by atoms with E-state index in [1.54, 1.807) is 19.2 Å². The van der Waals surface area contributed by atoms with Crippen molar-refractivity contribution in [2.75, 3.05) is 26.8 Å². The van der Waals surface area contributed by atoms with Gasteiger partial charge in [-0.1, -0.05) is 18.2 Å². The molecule has 0 saturated heterocycles. The van der Waals surface area contributed by atoms with Crippen LogP contribution >= 0.6 is 11.3 Å². The third-order valence-corrected chi connectivity index (χ3v) is 6.49. The Hall–Kier alpha value is -3.11. The number of hydrogen-bond acceptors (Lipinski definition) is 7. The standard InChI is InChI=1S/C22H24N4O5S/c1-31-10-9-24(22(28)15-7-8-15)14-21(27)25-19(13-18(23-25)20-6-3-11-32-20)16-4-2-5-17(12-16)26(29)30/h2-6,11-12,15,19H,7-10,13-14H2,1H3. The molecule has 9 nitrogen and oxygen atoms in total. The van der Waals surface area contributed by atoms with Crippen LogP contribution in [0, 0.1) is 16.0 Å². The van der Waals surface area contributed by atoms with Crippen molar-refractivity contribution in [3.8, 4) is 0 Å². The Labute approximate surface area is 189 Å². The Bertz CT molecular complexity index is 1030. The first kappa shape index (κ1) is 22.1. The quantitative estimate of drug-likeness (QED) is 0.426. The van der Waals surface area contributed by atoms with Gasteiger partial charge in [-0.15, -0.1) is 11.3 Å². The Morgan fingerprint density at radius 3 is 2.78 bits per heavy atom. The van der Waals surface area contributed by atoms with Crippen molar-refractivity contribution in [1.82, 2.24) is 9.91 Å². The van der Waals surface area contributed by atoms with Gasteiger partial charge in [-0.25, -0.2) is 5.01 Å². The summed E-state index contributed by atoms with van der Waals surface area (Å²) >= 11 is 1.52. The topological polar surface area (TPSA) is 105 Å². The van der Waals surface area contributed by atoms with Crippen molar-refractivity contribution in [2.24, 2.45) is 11.0 Å². The van der Waals surface area contributed by atoms with E-state index in [2.05, 4.69) is 5.10 Å². The molecule has 2 aromatic rings. The molecule has 2 aliphatic rings. The minimum atomic E-state index is -0.472. The highest BCUT2D eigenvalue weighted by Gasteiger charge is 2.38. The van der Waals surface area contributed by atoms with Gasteiger partial charge in [0.15, 0.2) is 0 Å². The fourth-order valence-corrected chi connectivity index (χ4v) is 4.45. The first-order valence-corrected chi connectivity index (χ1v) is 11.3. The molecular formula is C22H24N4O5S. The lowest BCUT2D eigenvalue weighted by atomic mass is 10.0. The van der Waals surface area contributed by atoms with E-state index in [4.69, 9.17) is 4.74 Å². The van der Waals surface area contributed by atoms with Gasteiger partial charge in [0.2, 0.25) is 5.91 Å². The fraction of sp³-hybridized carbons (Fsp3) is 0.409. The molecule has 1 unspecified atom stereocenters. The third kappa shape index (κ3) is 4.86. The molecule has 0 spiro atoms. The Morgan fingerprint density at radius 2 is 2.12 bits per heavy atom. The molecule has 168 valence electrons. The number of hydrazone groups is 1. The molecule has 1 atom stereocenters. The summed E-state index contributed by atoms with van der Waals surface area (Å²) in [6.45, 7) is 0.559. The number of carbonyl (C=O) groups is 2. The van der Waals surface area contributed by atoms with Crippen LogP contribution in [-0.4, -0.2) is 59.2 Å². The molecule has 1 aliphatic heterocycles. The summed E-state index contributed by atoms with van der Waals surface area (Å²) in [5.74, 6) is -0.377. The van der Waals surface area contributed by atoms with E-state index < -0.39 is 11.0 Å². The molecule has 1 aromatic carbocycles. The van der Waals surface area contributed by atoms with Gasteiger partial charge >= 0.3 is 0 Å². The highest BCUT2D eigenvalue weighted by Crippen LogP contribution is 2.36. The average Bonchev–Trinajstić information content (AvgIpc) is 3.31. The maximum absolute atomic E-state index is 13.3. The van der Waals surface area contributed by atoms with Crippen molar-refractivity contribution in [3.63, 3.8) is 0 Å². The summed E-state index contributed by atoms with van der Waals surface area (Å²) in [6, 6.07) is 9.66. The number of thiophene rings is 1.